The Kier molecular flexibility index (Phi) is 7.40. The van der Waals surface area contributed by atoms with Gasteiger partial charge in [-0.05, 0) is 54.2 Å². The molecule has 1 N–H and O–H groups in total. The third kappa shape index (κ3) is 5.04. The number of para-hydroxylation sites is 2. The van der Waals surface area contributed by atoms with Crippen molar-refractivity contribution in [2.45, 2.75) is 57.9 Å². The molecule has 1 aliphatic heterocycles. The predicted octanol–water partition coefficient (Wildman–Crippen LogP) is 7.18. The lowest BCUT2D eigenvalue weighted by Gasteiger charge is -2.35. The Hall–Kier alpha value is -3.86. The summed E-state index contributed by atoms with van der Waals surface area (Å²) in [5, 5.41) is 3.59. The average Bonchev–Trinajstić information content (AvgIpc) is 3.08. The lowest BCUT2D eigenvalue weighted by Crippen LogP contribution is -2.38. The summed E-state index contributed by atoms with van der Waals surface area (Å²) in [6.07, 6.45) is 3.54. The molecule has 5 nitrogen and oxygen atoms in total. The third-order valence-electron chi connectivity index (χ3n) is 7.29. The van der Waals surface area contributed by atoms with Gasteiger partial charge in [-0.2, -0.15) is 0 Å². The number of carbonyl (C=O) groups excluding carboxylic acids is 2. The van der Waals surface area contributed by atoms with Gasteiger partial charge < -0.3 is 10.1 Å². The van der Waals surface area contributed by atoms with Crippen LogP contribution in [0.15, 0.2) is 90.1 Å². The number of rotatable bonds is 7. The van der Waals surface area contributed by atoms with E-state index in [0.717, 1.165) is 46.8 Å². The first-order chi connectivity index (χ1) is 18.1. The van der Waals surface area contributed by atoms with Gasteiger partial charge >= 0.3 is 0 Å². The van der Waals surface area contributed by atoms with Crippen LogP contribution in [-0.2, 0) is 9.59 Å². The van der Waals surface area contributed by atoms with Gasteiger partial charge in [-0.25, -0.2) is 0 Å². The van der Waals surface area contributed by atoms with Crippen molar-refractivity contribution in [2.24, 2.45) is 0 Å². The van der Waals surface area contributed by atoms with Crippen molar-refractivity contribution in [2.75, 3.05) is 16.8 Å². The molecule has 0 saturated heterocycles. The minimum atomic E-state index is -0.507. The zero-order valence-electron chi connectivity index (χ0n) is 21.6. The Morgan fingerprint density at radius 1 is 0.919 bits per heavy atom. The number of anilines is 2. The van der Waals surface area contributed by atoms with Gasteiger partial charge in [0.2, 0.25) is 5.91 Å². The molecule has 3 aromatic rings. The zero-order chi connectivity index (χ0) is 25.8. The molecule has 1 amide bonds. The van der Waals surface area contributed by atoms with Crippen molar-refractivity contribution in [3.8, 4) is 5.75 Å². The first-order valence-electron chi connectivity index (χ1n) is 13.3. The van der Waals surface area contributed by atoms with E-state index < -0.39 is 6.04 Å². The Balaban J connectivity index is 1.62. The highest BCUT2D eigenvalue weighted by Crippen LogP contribution is 2.47. The smallest absolute Gasteiger partial charge is 0.227 e. The number of unbranched alkanes of at least 4 members (excludes halogenated alkanes) is 1. The number of nitrogens with zero attached hydrogens (tertiary/aromatic N) is 1. The number of Topliss-reactive ketones (excluding diaryl/α,β-unsaturated/α-hetero) is 1. The van der Waals surface area contributed by atoms with E-state index in [9.17, 15) is 9.59 Å². The van der Waals surface area contributed by atoms with Crippen LogP contribution in [0, 0.1) is 0 Å². The molecule has 5 rings (SSSR count). The fraction of sp³-hybridized carbons (Fsp3) is 0.312. The predicted molar refractivity (Wildman–Crippen MR) is 148 cm³/mol. The molecule has 0 fully saturated rings. The van der Waals surface area contributed by atoms with E-state index in [1.165, 1.54) is 0 Å². The second-order valence-electron chi connectivity index (χ2n) is 9.76. The van der Waals surface area contributed by atoms with E-state index in [4.69, 9.17) is 4.74 Å². The highest BCUT2D eigenvalue weighted by molar-refractivity contribution is 6.06. The van der Waals surface area contributed by atoms with Gasteiger partial charge in [0.1, 0.15) is 5.75 Å². The number of ketones is 1. The number of nitrogens with one attached hydrogen (secondary N) is 1. The Labute approximate surface area is 219 Å². The number of fused-ring (bicyclic) bond motifs is 1. The van der Waals surface area contributed by atoms with Crippen LogP contribution in [0.1, 0.15) is 69.0 Å². The molecular formula is C32H34N2O3. The number of allylic oxidation sites excluding steroid dienone is 1. The van der Waals surface area contributed by atoms with Gasteiger partial charge in [-0.1, -0.05) is 74.9 Å². The van der Waals surface area contributed by atoms with Gasteiger partial charge in [0.15, 0.2) is 5.78 Å². The van der Waals surface area contributed by atoms with E-state index in [2.05, 4.69) is 24.4 Å². The first-order valence-corrected chi connectivity index (χ1v) is 13.3. The van der Waals surface area contributed by atoms with Crippen LogP contribution >= 0.6 is 0 Å². The van der Waals surface area contributed by atoms with Crippen LogP contribution < -0.4 is 15.0 Å². The summed E-state index contributed by atoms with van der Waals surface area (Å²) in [4.78, 5) is 29.3. The molecule has 2 atom stereocenters. The average molecular weight is 495 g/mol. The van der Waals surface area contributed by atoms with Gasteiger partial charge in [0.25, 0.3) is 0 Å². The number of hydrogen-bond acceptors (Lipinski definition) is 4. The van der Waals surface area contributed by atoms with E-state index in [0.29, 0.717) is 31.4 Å². The van der Waals surface area contributed by atoms with Gasteiger partial charge in [0, 0.05) is 24.1 Å². The summed E-state index contributed by atoms with van der Waals surface area (Å²) >= 11 is 0. The normalized spacial score (nSPS) is 19.0. The standard InChI is InChI=1S/C32H34N2O3/c1-3-5-19-37-25-17-15-23(16-18-25)32-31-27(20-24(21-29(31)35)22-11-7-6-8-12-22)33-26-13-9-10-14-28(26)34(32)30(36)4-2/h6-18,24,32-33H,3-5,19-21H2,1-2H3/t24-,32+/m1/s1. The highest BCUT2D eigenvalue weighted by atomic mass is 16.5. The maximum atomic E-state index is 13.9. The summed E-state index contributed by atoms with van der Waals surface area (Å²) in [6, 6.07) is 25.5. The monoisotopic (exact) mass is 494 g/mol. The van der Waals surface area contributed by atoms with E-state index in [1.54, 1.807) is 0 Å². The summed E-state index contributed by atoms with van der Waals surface area (Å²) < 4.78 is 5.88. The van der Waals surface area contributed by atoms with Crippen molar-refractivity contribution < 1.29 is 14.3 Å². The van der Waals surface area contributed by atoms with Crippen molar-refractivity contribution in [1.82, 2.24) is 0 Å². The van der Waals surface area contributed by atoms with E-state index in [-0.39, 0.29) is 17.6 Å². The van der Waals surface area contributed by atoms with Gasteiger partial charge in [-0.15, -0.1) is 0 Å². The molecule has 0 radical (unpaired) electrons. The minimum Gasteiger partial charge on any atom is -0.494 e. The molecule has 37 heavy (non-hydrogen) atoms. The number of hydrogen-bond donors (Lipinski definition) is 1. The van der Waals surface area contributed by atoms with Crippen LogP contribution in [0.3, 0.4) is 0 Å². The topological polar surface area (TPSA) is 58.6 Å². The summed E-state index contributed by atoms with van der Waals surface area (Å²) in [7, 11) is 0. The van der Waals surface area contributed by atoms with Crippen LogP contribution in [0.4, 0.5) is 11.4 Å². The Morgan fingerprint density at radius 2 is 1.65 bits per heavy atom. The quantitative estimate of drug-likeness (QED) is 0.354. The third-order valence-corrected chi connectivity index (χ3v) is 7.29. The number of carbonyl (C=O) groups is 2. The molecule has 0 unspecified atom stereocenters. The fourth-order valence-corrected chi connectivity index (χ4v) is 5.39. The van der Waals surface area contributed by atoms with Crippen LogP contribution in [0.25, 0.3) is 0 Å². The largest absolute Gasteiger partial charge is 0.494 e. The lowest BCUT2D eigenvalue weighted by atomic mass is 9.78. The van der Waals surface area contributed by atoms with Crippen LogP contribution in [0.2, 0.25) is 0 Å². The molecule has 3 aromatic carbocycles. The molecular weight excluding hydrogens is 460 g/mol. The summed E-state index contributed by atoms with van der Waals surface area (Å²) in [5.41, 5.74) is 5.29. The second kappa shape index (κ2) is 11.0. The minimum absolute atomic E-state index is 0.0192. The SMILES string of the molecule is CCCCOc1ccc([C@H]2C3=C(C[C@@H](c4ccccc4)CC3=O)Nc3ccccc3N2C(=O)CC)cc1. The molecule has 190 valence electrons. The Bertz CT molecular complexity index is 1300. The highest BCUT2D eigenvalue weighted by Gasteiger charge is 2.41. The van der Waals surface area contributed by atoms with Crippen molar-refractivity contribution in [1.29, 1.82) is 0 Å². The molecule has 0 bridgehead atoms. The van der Waals surface area contributed by atoms with Gasteiger partial charge in [-0.3, -0.25) is 14.5 Å². The van der Waals surface area contributed by atoms with Crippen LogP contribution in [0.5, 0.6) is 5.75 Å². The first kappa shape index (κ1) is 24.8. The lowest BCUT2D eigenvalue weighted by molar-refractivity contribution is -0.119. The second-order valence-corrected chi connectivity index (χ2v) is 9.76. The summed E-state index contributed by atoms with van der Waals surface area (Å²) in [6.45, 7) is 4.68. The summed E-state index contributed by atoms with van der Waals surface area (Å²) in [5.74, 6) is 0.952. The van der Waals surface area contributed by atoms with E-state index >= 15 is 0 Å². The number of amides is 1. The van der Waals surface area contributed by atoms with Crippen molar-refractivity contribution in [3.63, 3.8) is 0 Å². The number of benzene rings is 3. The molecule has 0 spiro atoms. The maximum absolute atomic E-state index is 13.9. The molecule has 5 heteroatoms. The van der Waals surface area contributed by atoms with E-state index in [1.807, 2.05) is 78.6 Å². The number of ether oxygens (including phenoxy) is 1. The zero-order valence-corrected chi connectivity index (χ0v) is 21.6. The van der Waals surface area contributed by atoms with Gasteiger partial charge in [0.05, 0.1) is 24.0 Å². The van der Waals surface area contributed by atoms with Crippen molar-refractivity contribution in [3.05, 3.63) is 101 Å². The maximum Gasteiger partial charge on any atom is 0.227 e. The molecule has 2 aliphatic rings. The van der Waals surface area contributed by atoms with Crippen LogP contribution in [-0.4, -0.2) is 18.3 Å². The van der Waals surface area contributed by atoms with Crippen molar-refractivity contribution >= 4 is 23.1 Å². The Morgan fingerprint density at radius 3 is 2.38 bits per heavy atom. The molecule has 0 aromatic heterocycles. The molecule has 1 heterocycles. The molecule has 1 aliphatic carbocycles. The fourth-order valence-electron chi connectivity index (χ4n) is 5.39. The molecule has 0 saturated carbocycles.